The summed E-state index contributed by atoms with van der Waals surface area (Å²) in [6.07, 6.45) is 3.42. The number of piperidine rings is 1. The Bertz CT molecular complexity index is 935. The highest BCUT2D eigenvalue weighted by Gasteiger charge is 2.21. The van der Waals surface area contributed by atoms with E-state index < -0.39 is 5.91 Å². The van der Waals surface area contributed by atoms with Crippen LogP contribution in [0, 0.1) is 0 Å². The molecule has 0 bridgehead atoms. The number of rotatable bonds is 8. The van der Waals surface area contributed by atoms with E-state index in [1.807, 2.05) is 12.1 Å². The third-order valence-electron chi connectivity index (χ3n) is 4.99. The number of anilines is 2. The van der Waals surface area contributed by atoms with Crippen molar-refractivity contribution in [2.24, 2.45) is 5.73 Å². The molecule has 31 heavy (non-hydrogen) atoms. The molecule has 1 aliphatic heterocycles. The lowest BCUT2D eigenvalue weighted by Crippen LogP contribution is -2.30. The highest BCUT2D eigenvalue weighted by Crippen LogP contribution is 2.39. The topological polar surface area (TPSA) is 103 Å². The molecule has 0 radical (unpaired) electrons. The molecule has 2 amide bonds. The third-order valence-corrected chi connectivity index (χ3v) is 5.22. The van der Waals surface area contributed by atoms with Gasteiger partial charge in [-0.1, -0.05) is 11.6 Å². The zero-order chi connectivity index (χ0) is 22.4. The van der Waals surface area contributed by atoms with Crippen molar-refractivity contribution < 1.29 is 23.8 Å². The van der Waals surface area contributed by atoms with Crippen LogP contribution < -0.4 is 30.2 Å². The third kappa shape index (κ3) is 5.52. The standard InChI is InChI=1S/C22H26ClN3O5/c1-29-18-10-14(11-19(30-2)21(18)31-13-20(24)27)22(28)25-16-12-15(23)6-7-17(16)26-8-4-3-5-9-26/h6-7,10-12H,3-5,8-9,13H2,1-2H3,(H2,24,27)(H,25,28). The van der Waals surface area contributed by atoms with E-state index in [0.29, 0.717) is 16.3 Å². The van der Waals surface area contributed by atoms with Gasteiger partial charge in [-0.15, -0.1) is 0 Å². The molecule has 0 aliphatic carbocycles. The number of methoxy groups -OCH3 is 2. The SMILES string of the molecule is COc1cc(C(=O)Nc2cc(Cl)ccc2N2CCCCC2)cc(OC)c1OCC(N)=O. The molecule has 0 unspecified atom stereocenters. The number of nitrogens with zero attached hydrogens (tertiary/aromatic N) is 1. The van der Waals surface area contributed by atoms with Gasteiger partial charge in [-0.3, -0.25) is 9.59 Å². The van der Waals surface area contributed by atoms with Gasteiger partial charge in [-0.05, 0) is 49.6 Å². The predicted molar refractivity (Wildman–Crippen MR) is 120 cm³/mol. The average Bonchev–Trinajstić information content (AvgIpc) is 2.77. The Morgan fingerprint density at radius 3 is 2.29 bits per heavy atom. The quantitative estimate of drug-likeness (QED) is 0.642. The first-order chi connectivity index (χ1) is 14.9. The maximum atomic E-state index is 13.1. The Morgan fingerprint density at radius 2 is 1.71 bits per heavy atom. The second kappa shape index (κ2) is 10.3. The van der Waals surface area contributed by atoms with Crippen molar-refractivity contribution in [3.05, 3.63) is 40.9 Å². The monoisotopic (exact) mass is 447 g/mol. The summed E-state index contributed by atoms with van der Waals surface area (Å²) in [5.74, 6) is -0.325. The van der Waals surface area contributed by atoms with Gasteiger partial charge in [0.05, 0.1) is 25.6 Å². The lowest BCUT2D eigenvalue weighted by Gasteiger charge is -2.30. The van der Waals surface area contributed by atoms with Crippen molar-refractivity contribution in [3.63, 3.8) is 0 Å². The molecule has 3 rings (SSSR count). The van der Waals surface area contributed by atoms with Crippen LogP contribution in [0.5, 0.6) is 17.2 Å². The summed E-state index contributed by atoms with van der Waals surface area (Å²) in [6, 6.07) is 8.50. The van der Waals surface area contributed by atoms with Gasteiger partial charge in [0, 0.05) is 23.7 Å². The fourth-order valence-electron chi connectivity index (χ4n) is 3.51. The highest BCUT2D eigenvalue weighted by molar-refractivity contribution is 6.31. The number of halogens is 1. The van der Waals surface area contributed by atoms with Crippen LogP contribution in [0.1, 0.15) is 29.6 Å². The lowest BCUT2D eigenvalue weighted by molar-refractivity contribution is -0.120. The van der Waals surface area contributed by atoms with Crippen LogP contribution in [0.2, 0.25) is 5.02 Å². The number of benzene rings is 2. The van der Waals surface area contributed by atoms with Crippen molar-refractivity contribution in [2.75, 3.05) is 44.1 Å². The molecule has 0 spiro atoms. The van der Waals surface area contributed by atoms with Gasteiger partial charge in [-0.25, -0.2) is 0 Å². The van der Waals surface area contributed by atoms with Crippen molar-refractivity contribution in [3.8, 4) is 17.2 Å². The van der Waals surface area contributed by atoms with Crippen LogP contribution in [0.4, 0.5) is 11.4 Å². The summed E-state index contributed by atoms with van der Waals surface area (Å²) < 4.78 is 16.1. The minimum absolute atomic E-state index is 0.192. The number of hydrogen-bond donors (Lipinski definition) is 2. The molecule has 2 aromatic carbocycles. The van der Waals surface area contributed by atoms with E-state index in [-0.39, 0.29) is 29.8 Å². The van der Waals surface area contributed by atoms with E-state index in [1.165, 1.54) is 32.8 Å². The Hall–Kier alpha value is -3.13. The normalized spacial score (nSPS) is 13.5. The second-order valence-corrected chi connectivity index (χ2v) is 7.56. The molecule has 1 fully saturated rings. The van der Waals surface area contributed by atoms with Crippen LogP contribution in [0.25, 0.3) is 0 Å². The van der Waals surface area contributed by atoms with Crippen LogP contribution >= 0.6 is 11.6 Å². The number of hydrogen-bond acceptors (Lipinski definition) is 6. The van der Waals surface area contributed by atoms with E-state index >= 15 is 0 Å². The number of primary amides is 1. The van der Waals surface area contributed by atoms with Crippen molar-refractivity contribution >= 4 is 34.8 Å². The fourth-order valence-corrected chi connectivity index (χ4v) is 3.68. The van der Waals surface area contributed by atoms with Gasteiger partial charge in [-0.2, -0.15) is 0 Å². The van der Waals surface area contributed by atoms with Crippen LogP contribution in [-0.2, 0) is 4.79 Å². The molecule has 8 nitrogen and oxygen atoms in total. The summed E-state index contributed by atoms with van der Waals surface area (Å²) in [7, 11) is 2.86. The molecule has 3 N–H and O–H groups in total. The fraction of sp³-hybridized carbons (Fsp3) is 0.364. The van der Waals surface area contributed by atoms with Gasteiger partial charge < -0.3 is 30.2 Å². The minimum atomic E-state index is -0.642. The molecule has 166 valence electrons. The van der Waals surface area contributed by atoms with Crippen LogP contribution in [0.15, 0.2) is 30.3 Å². The number of amides is 2. The van der Waals surface area contributed by atoms with Crippen LogP contribution in [0.3, 0.4) is 0 Å². The Balaban J connectivity index is 1.90. The maximum absolute atomic E-state index is 13.1. The van der Waals surface area contributed by atoms with E-state index in [0.717, 1.165) is 31.6 Å². The van der Waals surface area contributed by atoms with Gasteiger partial charge in [0.25, 0.3) is 11.8 Å². The summed E-state index contributed by atoms with van der Waals surface area (Å²) >= 11 is 6.20. The number of nitrogens with one attached hydrogen (secondary N) is 1. The molecular weight excluding hydrogens is 422 g/mol. The second-order valence-electron chi connectivity index (χ2n) is 7.13. The zero-order valence-corrected chi connectivity index (χ0v) is 18.3. The van der Waals surface area contributed by atoms with Crippen LogP contribution in [-0.4, -0.2) is 45.7 Å². The van der Waals surface area contributed by atoms with Gasteiger partial charge in [0.2, 0.25) is 5.75 Å². The first-order valence-electron chi connectivity index (χ1n) is 9.96. The molecular formula is C22H26ClN3O5. The Kier molecular flexibility index (Phi) is 7.46. The summed E-state index contributed by atoms with van der Waals surface area (Å²) in [5.41, 5.74) is 7.01. The molecule has 0 saturated carbocycles. The Labute approximate surface area is 186 Å². The van der Waals surface area contributed by atoms with E-state index in [2.05, 4.69) is 10.2 Å². The van der Waals surface area contributed by atoms with E-state index in [4.69, 9.17) is 31.5 Å². The molecule has 1 heterocycles. The van der Waals surface area contributed by atoms with Gasteiger partial charge in [0.15, 0.2) is 18.1 Å². The van der Waals surface area contributed by atoms with Crippen molar-refractivity contribution in [1.82, 2.24) is 0 Å². The predicted octanol–water partition coefficient (Wildman–Crippen LogP) is 3.46. The molecule has 9 heteroatoms. The first kappa shape index (κ1) is 22.6. The summed E-state index contributed by atoms with van der Waals surface area (Å²) in [6.45, 7) is 1.51. The smallest absolute Gasteiger partial charge is 0.255 e. The summed E-state index contributed by atoms with van der Waals surface area (Å²) in [4.78, 5) is 26.4. The highest BCUT2D eigenvalue weighted by atomic mass is 35.5. The van der Waals surface area contributed by atoms with Gasteiger partial charge in [0.1, 0.15) is 0 Å². The van der Waals surface area contributed by atoms with E-state index in [9.17, 15) is 9.59 Å². The first-order valence-corrected chi connectivity index (χ1v) is 10.3. The summed E-state index contributed by atoms with van der Waals surface area (Å²) in [5, 5.41) is 3.48. The number of carbonyl (C=O) groups is 2. The molecule has 1 saturated heterocycles. The zero-order valence-electron chi connectivity index (χ0n) is 17.6. The maximum Gasteiger partial charge on any atom is 0.255 e. The molecule has 1 aliphatic rings. The average molecular weight is 448 g/mol. The van der Waals surface area contributed by atoms with Gasteiger partial charge >= 0.3 is 0 Å². The Morgan fingerprint density at radius 1 is 1.06 bits per heavy atom. The number of carbonyl (C=O) groups excluding carboxylic acids is 2. The van der Waals surface area contributed by atoms with Crippen molar-refractivity contribution in [1.29, 1.82) is 0 Å². The lowest BCUT2D eigenvalue weighted by atomic mass is 10.1. The van der Waals surface area contributed by atoms with Crippen molar-refractivity contribution in [2.45, 2.75) is 19.3 Å². The molecule has 2 aromatic rings. The van der Waals surface area contributed by atoms with E-state index in [1.54, 1.807) is 6.07 Å². The minimum Gasteiger partial charge on any atom is -0.493 e. The number of nitrogens with two attached hydrogens (primary N) is 1. The largest absolute Gasteiger partial charge is 0.493 e. The molecule has 0 atom stereocenters. The number of ether oxygens (including phenoxy) is 3. The molecule has 0 aromatic heterocycles.